The molecular weight excluding hydrogens is 174 g/mol. The smallest absolute Gasteiger partial charge is 0.0716 e. The topological polar surface area (TPSA) is 50.9 Å². The van der Waals surface area contributed by atoms with E-state index in [0.717, 1.165) is 18.7 Å². The first-order valence-electron chi connectivity index (χ1n) is 3.88. The number of anilines is 1. The molecule has 0 fully saturated rings. The van der Waals surface area contributed by atoms with Crippen LogP contribution in [0, 0.1) is 0 Å². The second-order valence-corrected chi connectivity index (χ2v) is 2.83. The minimum Gasteiger partial charge on any atom is -0.383 e. The molecule has 0 amide bonds. The number of halogens is 1. The zero-order valence-electron chi connectivity index (χ0n) is 6.76. The molecule has 0 saturated carbocycles. The van der Waals surface area contributed by atoms with Gasteiger partial charge in [0.1, 0.15) is 0 Å². The van der Waals surface area contributed by atoms with Crippen molar-refractivity contribution in [1.29, 1.82) is 0 Å². The normalized spacial score (nSPS) is 9.83. The quantitative estimate of drug-likeness (QED) is 0.699. The molecule has 0 aliphatic rings. The Morgan fingerprint density at radius 1 is 1.58 bits per heavy atom. The van der Waals surface area contributed by atoms with E-state index in [1.54, 1.807) is 18.5 Å². The SMILES string of the molecule is NCCCNc1cnccc1Cl. The number of hydrogen-bond acceptors (Lipinski definition) is 3. The number of hydrogen-bond donors (Lipinski definition) is 2. The summed E-state index contributed by atoms with van der Waals surface area (Å²) in [6.45, 7) is 1.52. The Hall–Kier alpha value is -0.800. The fourth-order valence-electron chi connectivity index (χ4n) is 0.833. The number of nitrogens with zero attached hydrogens (tertiary/aromatic N) is 1. The summed E-state index contributed by atoms with van der Waals surface area (Å²) in [5.41, 5.74) is 6.21. The van der Waals surface area contributed by atoms with Crippen molar-refractivity contribution in [3.63, 3.8) is 0 Å². The highest BCUT2D eigenvalue weighted by Crippen LogP contribution is 2.18. The highest BCUT2D eigenvalue weighted by molar-refractivity contribution is 6.33. The minimum absolute atomic E-state index is 0.685. The van der Waals surface area contributed by atoms with Crippen molar-refractivity contribution < 1.29 is 0 Å². The summed E-state index contributed by atoms with van der Waals surface area (Å²) in [5.74, 6) is 0. The summed E-state index contributed by atoms with van der Waals surface area (Å²) in [6.07, 6.45) is 4.31. The fourth-order valence-corrected chi connectivity index (χ4v) is 1.00. The molecule has 0 aromatic carbocycles. The number of rotatable bonds is 4. The maximum Gasteiger partial charge on any atom is 0.0716 e. The van der Waals surface area contributed by atoms with E-state index in [1.165, 1.54) is 0 Å². The van der Waals surface area contributed by atoms with Gasteiger partial charge in [0.15, 0.2) is 0 Å². The molecule has 0 radical (unpaired) electrons. The largest absolute Gasteiger partial charge is 0.383 e. The molecule has 4 heteroatoms. The van der Waals surface area contributed by atoms with Crippen molar-refractivity contribution in [2.75, 3.05) is 18.4 Å². The Balaban J connectivity index is 2.46. The molecule has 12 heavy (non-hydrogen) atoms. The second-order valence-electron chi connectivity index (χ2n) is 2.42. The van der Waals surface area contributed by atoms with Gasteiger partial charge in [0.2, 0.25) is 0 Å². The Kier molecular flexibility index (Phi) is 3.84. The van der Waals surface area contributed by atoms with E-state index in [-0.39, 0.29) is 0 Å². The van der Waals surface area contributed by atoms with Crippen LogP contribution in [-0.4, -0.2) is 18.1 Å². The van der Waals surface area contributed by atoms with Gasteiger partial charge in [-0.1, -0.05) is 11.6 Å². The Bertz CT molecular complexity index is 239. The average Bonchev–Trinajstić information content (AvgIpc) is 2.09. The summed E-state index contributed by atoms with van der Waals surface area (Å²) in [5, 5.41) is 3.84. The standard InChI is InChI=1S/C8H12ClN3/c9-7-2-5-11-6-8(7)12-4-1-3-10/h2,5-6,12H,1,3-4,10H2. The lowest BCUT2D eigenvalue weighted by Gasteiger charge is -2.05. The summed E-state index contributed by atoms with van der Waals surface area (Å²) >= 11 is 5.87. The van der Waals surface area contributed by atoms with E-state index in [9.17, 15) is 0 Å². The first-order valence-corrected chi connectivity index (χ1v) is 4.26. The van der Waals surface area contributed by atoms with E-state index < -0.39 is 0 Å². The first-order chi connectivity index (χ1) is 5.84. The van der Waals surface area contributed by atoms with Crippen LogP contribution in [0.25, 0.3) is 0 Å². The number of aromatic nitrogens is 1. The molecule has 1 heterocycles. The predicted molar refractivity (Wildman–Crippen MR) is 51.4 cm³/mol. The zero-order chi connectivity index (χ0) is 8.81. The van der Waals surface area contributed by atoms with E-state index in [0.29, 0.717) is 11.6 Å². The minimum atomic E-state index is 0.685. The van der Waals surface area contributed by atoms with Gasteiger partial charge in [0.25, 0.3) is 0 Å². The van der Waals surface area contributed by atoms with Crippen molar-refractivity contribution in [1.82, 2.24) is 4.98 Å². The summed E-state index contributed by atoms with van der Waals surface area (Å²) in [6, 6.07) is 1.76. The van der Waals surface area contributed by atoms with Crippen LogP contribution in [0.4, 0.5) is 5.69 Å². The second kappa shape index (κ2) is 4.95. The molecule has 0 unspecified atom stereocenters. The molecule has 1 rings (SSSR count). The molecule has 0 aliphatic carbocycles. The average molecular weight is 186 g/mol. The molecule has 1 aromatic heterocycles. The summed E-state index contributed by atoms with van der Waals surface area (Å²) < 4.78 is 0. The van der Waals surface area contributed by atoms with Gasteiger partial charge in [-0.15, -0.1) is 0 Å². The molecule has 3 N–H and O–H groups in total. The molecule has 0 bridgehead atoms. The molecule has 0 aliphatic heterocycles. The van der Waals surface area contributed by atoms with Crippen LogP contribution < -0.4 is 11.1 Å². The number of pyridine rings is 1. The van der Waals surface area contributed by atoms with Crippen LogP contribution >= 0.6 is 11.6 Å². The third kappa shape index (κ3) is 2.68. The highest BCUT2D eigenvalue weighted by atomic mass is 35.5. The van der Waals surface area contributed by atoms with Gasteiger partial charge in [-0.3, -0.25) is 4.98 Å². The van der Waals surface area contributed by atoms with Crippen LogP contribution in [0.3, 0.4) is 0 Å². The molecule has 3 nitrogen and oxygen atoms in total. The highest BCUT2D eigenvalue weighted by Gasteiger charge is 1.96. The van der Waals surface area contributed by atoms with Crippen LogP contribution in [0.1, 0.15) is 6.42 Å². The fraction of sp³-hybridized carbons (Fsp3) is 0.375. The van der Waals surface area contributed by atoms with Crippen LogP contribution in [-0.2, 0) is 0 Å². The predicted octanol–water partition coefficient (Wildman–Crippen LogP) is 1.50. The van der Waals surface area contributed by atoms with Crippen molar-refractivity contribution in [3.05, 3.63) is 23.5 Å². The van der Waals surface area contributed by atoms with Gasteiger partial charge in [-0.05, 0) is 19.0 Å². The van der Waals surface area contributed by atoms with E-state index in [4.69, 9.17) is 17.3 Å². The van der Waals surface area contributed by atoms with Crippen LogP contribution in [0.5, 0.6) is 0 Å². The van der Waals surface area contributed by atoms with E-state index in [1.807, 2.05) is 0 Å². The third-order valence-corrected chi connectivity index (χ3v) is 1.79. The van der Waals surface area contributed by atoms with Gasteiger partial charge in [0, 0.05) is 12.7 Å². The third-order valence-electron chi connectivity index (χ3n) is 1.46. The first kappa shape index (κ1) is 9.29. The molecular formula is C8H12ClN3. The number of nitrogens with two attached hydrogens (primary N) is 1. The Labute approximate surface area is 76.9 Å². The zero-order valence-corrected chi connectivity index (χ0v) is 7.51. The lowest BCUT2D eigenvalue weighted by molar-refractivity contribution is 0.874. The Morgan fingerprint density at radius 3 is 3.08 bits per heavy atom. The maximum atomic E-state index is 5.87. The van der Waals surface area contributed by atoms with Gasteiger partial charge >= 0.3 is 0 Å². The lowest BCUT2D eigenvalue weighted by Crippen LogP contribution is -2.08. The molecule has 0 atom stereocenters. The van der Waals surface area contributed by atoms with E-state index in [2.05, 4.69) is 10.3 Å². The van der Waals surface area contributed by atoms with Crippen LogP contribution in [0.15, 0.2) is 18.5 Å². The monoisotopic (exact) mass is 185 g/mol. The van der Waals surface area contributed by atoms with Crippen molar-refractivity contribution in [2.45, 2.75) is 6.42 Å². The van der Waals surface area contributed by atoms with Gasteiger partial charge in [-0.25, -0.2) is 0 Å². The molecule has 0 saturated heterocycles. The van der Waals surface area contributed by atoms with Crippen molar-refractivity contribution in [2.24, 2.45) is 5.73 Å². The van der Waals surface area contributed by atoms with Gasteiger partial charge < -0.3 is 11.1 Å². The Morgan fingerprint density at radius 2 is 2.42 bits per heavy atom. The van der Waals surface area contributed by atoms with E-state index >= 15 is 0 Å². The molecule has 66 valence electrons. The maximum absolute atomic E-state index is 5.87. The van der Waals surface area contributed by atoms with Gasteiger partial charge in [0.05, 0.1) is 16.9 Å². The molecule has 1 aromatic rings. The molecule has 0 spiro atoms. The summed E-state index contributed by atoms with van der Waals surface area (Å²) in [7, 11) is 0. The van der Waals surface area contributed by atoms with Crippen LogP contribution in [0.2, 0.25) is 5.02 Å². The number of nitrogens with one attached hydrogen (secondary N) is 1. The van der Waals surface area contributed by atoms with Gasteiger partial charge in [-0.2, -0.15) is 0 Å². The van der Waals surface area contributed by atoms with Crippen molar-refractivity contribution >= 4 is 17.3 Å². The lowest BCUT2D eigenvalue weighted by atomic mass is 10.4. The summed E-state index contributed by atoms with van der Waals surface area (Å²) in [4.78, 5) is 3.95. The van der Waals surface area contributed by atoms with Crippen molar-refractivity contribution in [3.8, 4) is 0 Å².